The molecule has 0 unspecified atom stereocenters. The van der Waals surface area contributed by atoms with Gasteiger partial charge in [0.25, 0.3) is 5.91 Å². The summed E-state index contributed by atoms with van der Waals surface area (Å²) in [5.74, 6) is 1.48. The van der Waals surface area contributed by atoms with Crippen molar-refractivity contribution >= 4 is 11.7 Å². The van der Waals surface area contributed by atoms with Gasteiger partial charge in [-0.15, -0.1) is 10.2 Å². The van der Waals surface area contributed by atoms with E-state index >= 15 is 0 Å². The highest BCUT2D eigenvalue weighted by Crippen LogP contribution is 2.22. The zero-order valence-corrected chi connectivity index (χ0v) is 13.6. The van der Waals surface area contributed by atoms with Crippen molar-refractivity contribution in [1.82, 2.24) is 19.7 Å². The largest absolute Gasteiger partial charge is 0.493 e. The first-order valence-corrected chi connectivity index (χ1v) is 8.20. The van der Waals surface area contributed by atoms with E-state index in [1.54, 1.807) is 18.5 Å². The Morgan fingerprint density at radius 2 is 2.00 bits per heavy atom. The molecule has 25 heavy (non-hydrogen) atoms. The Labute approximate surface area is 144 Å². The number of nitrogens with zero attached hydrogens (tertiary/aromatic N) is 4. The number of ether oxygens (including phenoxy) is 1. The van der Waals surface area contributed by atoms with E-state index in [0.717, 1.165) is 19.4 Å². The Morgan fingerprint density at radius 1 is 1.08 bits per heavy atom. The Bertz CT molecular complexity index is 906. The Kier molecular flexibility index (Phi) is 4.12. The molecule has 126 valence electrons. The van der Waals surface area contributed by atoms with Gasteiger partial charge < -0.3 is 14.6 Å². The highest BCUT2D eigenvalue weighted by molar-refractivity contribution is 6.05. The number of aryl methyl sites for hydroxylation is 1. The third-order valence-electron chi connectivity index (χ3n) is 4.02. The van der Waals surface area contributed by atoms with Crippen LogP contribution in [0.4, 0.5) is 5.82 Å². The molecule has 3 aromatic rings. The van der Waals surface area contributed by atoms with Crippen molar-refractivity contribution in [2.75, 3.05) is 11.9 Å². The van der Waals surface area contributed by atoms with Gasteiger partial charge in [0.2, 0.25) is 0 Å². The molecule has 3 heterocycles. The van der Waals surface area contributed by atoms with E-state index in [1.165, 1.54) is 0 Å². The van der Waals surface area contributed by atoms with Crippen molar-refractivity contribution in [3.05, 3.63) is 54.4 Å². The average molecular weight is 335 g/mol. The highest BCUT2D eigenvalue weighted by Gasteiger charge is 2.15. The standard InChI is InChI=1S/C18H17N5O2/c24-18-13-6-1-2-8-15(13)25-11-4-3-10-23-12-19-22-17(23)14-7-5-9-16(20-14)21-18/h1-2,5-9,12H,3-4,10-11H2,(H,20,21,24). The Morgan fingerprint density at radius 3 is 2.96 bits per heavy atom. The number of hydrogen-bond acceptors (Lipinski definition) is 5. The van der Waals surface area contributed by atoms with Crippen LogP contribution in [-0.4, -0.2) is 32.3 Å². The number of pyridine rings is 1. The molecule has 1 aromatic carbocycles. The lowest BCUT2D eigenvalue weighted by Gasteiger charge is -2.13. The summed E-state index contributed by atoms with van der Waals surface area (Å²) in [6, 6.07) is 12.7. The predicted molar refractivity (Wildman–Crippen MR) is 92.4 cm³/mol. The van der Waals surface area contributed by atoms with Crippen molar-refractivity contribution in [1.29, 1.82) is 0 Å². The summed E-state index contributed by atoms with van der Waals surface area (Å²) < 4.78 is 7.77. The molecule has 1 aliphatic heterocycles. The van der Waals surface area contributed by atoms with Crippen LogP contribution in [0.3, 0.4) is 0 Å². The summed E-state index contributed by atoms with van der Waals surface area (Å²) in [6.07, 6.45) is 3.48. The molecule has 1 amide bonds. The lowest BCUT2D eigenvalue weighted by atomic mass is 10.2. The first-order chi connectivity index (χ1) is 12.3. The zero-order valence-electron chi connectivity index (χ0n) is 13.6. The number of amides is 1. The molecule has 1 aliphatic rings. The van der Waals surface area contributed by atoms with E-state index in [4.69, 9.17) is 4.74 Å². The van der Waals surface area contributed by atoms with Gasteiger partial charge in [-0.2, -0.15) is 0 Å². The molecule has 0 spiro atoms. The van der Waals surface area contributed by atoms with E-state index in [-0.39, 0.29) is 5.91 Å². The normalized spacial score (nSPS) is 14.5. The van der Waals surface area contributed by atoms with Gasteiger partial charge in [0.1, 0.15) is 23.6 Å². The number of nitrogens with one attached hydrogen (secondary N) is 1. The lowest BCUT2D eigenvalue weighted by molar-refractivity contribution is 0.102. The second kappa shape index (κ2) is 6.72. The van der Waals surface area contributed by atoms with Gasteiger partial charge in [-0.05, 0) is 37.1 Å². The Hall–Kier alpha value is -3.22. The third-order valence-corrected chi connectivity index (χ3v) is 4.02. The van der Waals surface area contributed by atoms with Crippen LogP contribution in [0.2, 0.25) is 0 Å². The average Bonchev–Trinajstić information content (AvgIpc) is 3.10. The monoisotopic (exact) mass is 335 g/mol. The summed E-state index contributed by atoms with van der Waals surface area (Å²) >= 11 is 0. The fourth-order valence-electron chi connectivity index (χ4n) is 2.78. The van der Waals surface area contributed by atoms with Crippen LogP contribution in [0.25, 0.3) is 11.5 Å². The highest BCUT2D eigenvalue weighted by atomic mass is 16.5. The van der Waals surface area contributed by atoms with Crippen LogP contribution >= 0.6 is 0 Å². The molecule has 7 heteroatoms. The molecule has 0 fully saturated rings. The van der Waals surface area contributed by atoms with Gasteiger partial charge in [0.05, 0.1) is 12.2 Å². The number of anilines is 1. The molecule has 2 bridgehead atoms. The van der Waals surface area contributed by atoms with Crippen LogP contribution in [0.5, 0.6) is 5.75 Å². The second-order valence-electron chi connectivity index (χ2n) is 5.76. The second-order valence-corrected chi connectivity index (χ2v) is 5.76. The molecule has 0 saturated carbocycles. The lowest BCUT2D eigenvalue weighted by Crippen LogP contribution is -2.15. The number of carbonyl (C=O) groups excluding carboxylic acids is 1. The number of para-hydroxylation sites is 1. The van der Waals surface area contributed by atoms with Gasteiger partial charge in [0, 0.05) is 6.54 Å². The minimum Gasteiger partial charge on any atom is -0.493 e. The summed E-state index contributed by atoms with van der Waals surface area (Å²) in [6.45, 7) is 1.33. The minimum absolute atomic E-state index is 0.251. The van der Waals surface area contributed by atoms with Crippen LogP contribution in [-0.2, 0) is 6.54 Å². The molecule has 0 radical (unpaired) electrons. The SMILES string of the molecule is O=C1Nc2cccc(n2)-c2nncn2CCCCOc2ccccc21. The van der Waals surface area contributed by atoms with Crippen molar-refractivity contribution in [3.8, 4) is 17.3 Å². The molecule has 1 N–H and O–H groups in total. The van der Waals surface area contributed by atoms with Crippen LogP contribution in [0, 0.1) is 0 Å². The maximum atomic E-state index is 12.6. The maximum Gasteiger partial charge on any atom is 0.260 e. The maximum absolute atomic E-state index is 12.6. The summed E-state index contributed by atoms with van der Waals surface area (Å²) in [5.41, 5.74) is 1.17. The van der Waals surface area contributed by atoms with Gasteiger partial charge in [-0.1, -0.05) is 18.2 Å². The van der Waals surface area contributed by atoms with Gasteiger partial charge in [-0.25, -0.2) is 4.98 Å². The molecule has 0 atom stereocenters. The van der Waals surface area contributed by atoms with E-state index in [1.807, 2.05) is 34.9 Å². The molecule has 0 aliphatic carbocycles. The molecule has 2 aromatic heterocycles. The van der Waals surface area contributed by atoms with Crippen LogP contribution in [0.1, 0.15) is 23.2 Å². The fraction of sp³-hybridized carbons (Fsp3) is 0.222. The summed E-state index contributed by atoms with van der Waals surface area (Å²) in [5, 5.41) is 11.0. The topological polar surface area (TPSA) is 81.9 Å². The Balaban J connectivity index is 1.73. The van der Waals surface area contributed by atoms with E-state index in [0.29, 0.717) is 35.3 Å². The van der Waals surface area contributed by atoms with Crippen LogP contribution < -0.4 is 10.1 Å². The summed E-state index contributed by atoms with van der Waals surface area (Å²) in [4.78, 5) is 17.1. The molecule has 7 nitrogen and oxygen atoms in total. The fourth-order valence-corrected chi connectivity index (χ4v) is 2.78. The third kappa shape index (κ3) is 3.21. The zero-order chi connectivity index (χ0) is 17.1. The molecule has 0 saturated heterocycles. The predicted octanol–water partition coefficient (Wildman–Crippen LogP) is 2.77. The first kappa shape index (κ1) is 15.3. The van der Waals surface area contributed by atoms with Gasteiger partial charge >= 0.3 is 0 Å². The van der Waals surface area contributed by atoms with E-state index < -0.39 is 0 Å². The molecule has 4 rings (SSSR count). The quantitative estimate of drug-likeness (QED) is 0.683. The summed E-state index contributed by atoms with van der Waals surface area (Å²) in [7, 11) is 0. The first-order valence-electron chi connectivity index (χ1n) is 8.20. The van der Waals surface area contributed by atoms with Gasteiger partial charge in [0.15, 0.2) is 5.82 Å². The van der Waals surface area contributed by atoms with Crippen molar-refractivity contribution in [2.24, 2.45) is 0 Å². The smallest absolute Gasteiger partial charge is 0.260 e. The van der Waals surface area contributed by atoms with Crippen molar-refractivity contribution in [3.63, 3.8) is 0 Å². The number of benzene rings is 1. The number of hydrogen-bond donors (Lipinski definition) is 1. The van der Waals surface area contributed by atoms with Crippen molar-refractivity contribution < 1.29 is 9.53 Å². The number of carbonyl (C=O) groups is 1. The van der Waals surface area contributed by atoms with Crippen LogP contribution in [0.15, 0.2) is 48.8 Å². The molecular formula is C18H17N5O2. The minimum atomic E-state index is -0.251. The van der Waals surface area contributed by atoms with E-state index in [9.17, 15) is 4.79 Å². The van der Waals surface area contributed by atoms with Gasteiger partial charge in [-0.3, -0.25) is 4.79 Å². The van der Waals surface area contributed by atoms with Crippen molar-refractivity contribution in [2.45, 2.75) is 19.4 Å². The number of rotatable bonds is 0. The van der Waals surface area contributed by atoms with E-state index in [2.05, 4.69) is 20.5 Å². The molecular weight excluding hydrogens is 318 g/mol. The number of fused-ring (bicyclic) bond motifs is 5. The number of aromatic nitrogens is 4.